The molecule has 1 saturated heterocycles. The van der Waals surface area contributed by atoms with Crippen LogP contribution in [-0.2, 0) is 13.0 Å². The molecule has 1 atom stereocenters. The van der Waals surface area contributed by atoms with Gasteiger partial charge in [-0.1, -0.05) is 18.2 Å². The molecule has 2 aromatic carbocycles. The van der Waals surface area contributed by atoms with Gasteiger partial charge in [-0.3, -0.25) is 0 Å². The first kappa shape index (κ1) is 22.7. The molecule has 1 unspecified atom stereocenters. The Kier molecular flexibility index (Phi) is 7.51. The predicted molar refractivity (Wildman–Crippen MR) is 128 cm³/mol. The van der Waals surface area contributed by atoms with Crippen LogP contribution in [0, 0.1) is 0 Å². The summed E-state index contributed by atoms with van der Waals surface area (Å²) >= 11 is 0. The number of ether oxygens (including phenoxy) is 2. The molecule has 2 aromatic rings. The Labute approximate surface area is 194 Å². The molecule has 1 fully saturated rings. The Morgan fingerprint density at radius 2 is 1.64 bits per heavy atom. The lowest BCUT2D eigenvalue weighted by Gasteiger charge is -2.30. The molecule has 2 aliphatic heterocycles. The van der Waals surface area contributed by atoms with Gasteiger partial charge in [0.15, 0.2) is 0 Å². The van der Waals surface area contributed by atoms with Gasteiger partial charge in [0, 0.05) is 39.0 Å². The van der Waals surface area contributed by atoms with Gasteiger partial charge >= 0.3 is 0 Å². The third-order valence-electron chi connectivity index (χ3n) is 6.15. The number of hydrogen-bond acceptors (Lipinski definition) is 7. The Morgan fingerprint density at radius 1 is 0.939 bits per heavy atom. The van der Waals surface area contributed by atoms with Gasteiger partial charge in [-0.15, -0.1) is 0 Å². The number of hydrazone groups is 2. The number of hydrogen-bond donors (Lipinski definition) is 3. The molecule has 0 aromatic heterocycles. The van der Waals surface area contributed by atoms with E-state index >= 15 is 0 Å². The Morgan fingerprint density at radius 3 is 2.33 bits per heavy atom. The smallest absolute Gasteiger partial charge is 0.147 e. The van der Waals surface area contributed by atoms with Gasteiger partial charge in [0.25, 0.3) is 0 Å². The SMILES string of the molecule is NN=CN1CCC(Oc2ccc(C(CO)Oc3ccc4c(c3)CN(C=NN)CC4)cc2)CC1. The third kappa shape index (κ3) is 5.87. The van der Waals surface area contributed by atoms with Crippen LogP contribution in [0.2, 0.25) is 0 Å². The summed E-state index contributed by atoms with van der Waals surface area (Å²) in [7, 11) is 0. The van der Waals surface area contributed by atoms with Crippen molar-refractivity contribution in [1.29, 1.82) is 0 Å². The van der Waals surface area contributed by atoms with Crippen LogP contribution >= 0.6 is 0 Å². The van der Waals surface area contributed by atoms with Gasteiger partial charge in [-0.05, 0) is 47.4 Å². The van der Waals surface area contributed by atoms with Gasteiger partial charge < -0.3 is 36.1 Å². The lowest BCUT2D eigenvalue weighted by molar-refractivity contribution is 0.115. The first-order chi connectivity index (χ1) is 16.2. The summed E-state index contributed by atoms with van der Waals surface area (Å²) in [6.07, 6.45) is 5.82. The van der Waals surface area contributed by atoms with Crippen molar-refractivity contribution >= 4 is 12.7 Å². The van der Waals surface area contributed by atoms with Crippen LogP contribution in [0.4, 0.5) is 0 Å². The van der Waals surface area contributed by atoms with Crippen molar-refractivity contribution in [2.75, 3.05) is 26.2 Å². The summed E-state index contributed by atoms with van der Waals surface area (Å²) in [4.78, 5) is 4.17. The second kappa shape index (κ2) is 10.9. The number of nitrogens with two attached hydrogens (primary N) is 2. The summed E-state index contributed by atoms with van der Waals surface area (Å²) in [5, 5.41) is 17.2. The highest BCUT2D eigenvalue weighted by Gasteiger charge is 2.20. The molecule has 0 saturated carbocycles. The standard InChI is InChI=1S/C24H32N6O3/c25-27-16-29-11-8-22(9-12-29)32-21-4-2-19(3-5-21)24(15-31)33-23-6-1-18-7-10-30(17-28-26)14-20(18)13-23/h1-6,13,16-17,22,24,31H,7-12,14-15,25-26H2. The van der Waals surface area contributed by atoms with Crippen molar-refractivity contribution in [3.8, 4) is 11.5 Å². The van der Waals surface area contributed by atoms with E-state index in [0.717, 1.165) is 62.5 Å². The molecule has 2 aliphatic rings. The number of aliphatic hydroxyl groups excluding tert-OH is 1. The molecule has 0 aliphatic carbocycles. The molecule has 2 heterocycles. The average molecular weight is 453 g/mol. The predicted octanol–water partition coefficient (Wildman–Crippen LogP) is 1.80. The minimum atomic E-state index is -0.457. The zero-order chi connectivity index (χ0) is 23.0. The van der Waals surface area contributed by atoms with E-state index in [1.807, 2.05) is 36.4 Å². The van der Waals surface area contributed by atoms with E-state index in [1.165, 1.54) is 11.1 Å². The summed E-state index contributed by atoms with van der Waals surface area (Å²) in [6, 6.07) is 13.9. The Hall–Kier alpha value is -3.46. The van der Waals surface area contributed by atoms with Crippen LogP contribution in [0.1, 0.15) is 35.6 Å². The number of rotatable bonds is 8. The fourth-order valence-corrected chi connectivity index (χ4v) is 4.35. The summed E-state index contributed by atoms with van der Waals surface area (Å²) in [6.45, 7) is 3.26. The highest BCUT2D eigenvalue weighted by Crippen LogP contribution is 2.28. The Balaban J connectivity index is 1.36. The number of piperidine rings is 1. The van der Waals surface area contributed by atoms with Gasteiger partial charge in [-0.2, -0.15) is 10.2 Å². The third-order valence-corrected chi connectivity index (χ3v) is 6.15. The zero-order valence-corrected chi connectivity index (χ0v) is 18.7. The maximum absolute atomic E-state index is 9.97. The van der Waals surface area contributed by atoms with E-state index in [0.29, 0.717) is 0 Å². The van der Waals surface area contributed by atoms with Crippen LogP contribution in [0.3, 0.4) is 0 Å². The van der Waals surface area contributed by atoms with E-state index in [4.69, 9.17) is 21.2 Å². The summed E-state index contributed by atoms with van der Waals surface area (Å²) in [5.41, 5.74) is 3.38. The van der Waals surface area contributed by atoms with Crippen molar-refractivity contribution in [2.24, 2.45) is 21.9 Å². The highest BCUT2D eigenvalue weighted by atomic mass is 16.5. The molecule has 0 bridgehead atoms. The van der Waals surface area contributed by atoms with E-state index in [-0.39, 0.29) is 12.7 Å². The molecule has 0 spiro atoms. The number of likely N-dealkylation sites (tertiary alicyclic amines) is 1. The molecule has 5 N–H and O–H groups in total. The second-order valence-electron chi connectivity index (χ2n) is 8.39. The van der Waals surface area contributed by atoms with Gasteiger partial charge in [0.05, 0.1) is 6.61 Å². The molecule has 33 heavy (non-hydrogen) atoms. The summed E-state index contributed by atoms with van der Waals surface area (Å²) in [5.74, 6) is 12.1. The molecule has 9 heteroatoms. The normalized spacial score (nSPS) is 18.0. The first-order valence-corrected chi connectivity index (χ1v) is 11.3. The molecule has 0 radical (unpaired) electrons. The van der Waals surface area contributed by atoms with E-state index in [2.05, 4.69) is 26.1 Å². The molecular weight excluding hydrogens is 420 g/mol. The minimum Gasteiger partial charge on any atom is -0.490 e. The van der Waals surface area contributed by atoms with Gasteiger partial charge in [0.2, 0.25) is 0 Å². The van der Waals surface area contributed by atoms with Crippen molar-refractivity contribution in [2.45, 2.75) is 38.0 Å². The maximum atomic E-state index is 9.97. The summed E-state index contributed by atoms with van der Waals surface area (Å²) < 4.78 is 12.3. The zero-order valence-electron chi connectivity index (χ0n) is 18.7. The molecule has 9 nitrogen and oxygen atoms in total. The van der Waals surface area contributed by atoms with E-state index < -0.39 is 6.10 Å². The van der Waals surface area contributed by atoms with Crippen LogP contribution in [0.25, 0.3) is 0 Å². The van der Waals surface area contributed by atoms with Crippen LogP contribution < -0.4 is 21.2 Å². The van der Waals surface area contributed by atoms with Crippen LogP contribution in [0.15, 0.2) is 52.7 Å². The lowest BCUT2D eigenvalue weighted by atomic mass is 10.00. The lowest BCUT2D eigenvalue weighted by Crippen LogP contribution is -2.37. The van der Waals surface area contributed by atoms with Crippen LogP contribution in [0.5, 0.6) is 11.5 Å². The van der Waals surface area contributed by atoms with E-state index in [9.17, 15) is 5.11 Å². The number of benzene rings is 2. The van der Waals surface area contributed by atoms with Gasteiger partial charge in [-0.25, -0.2) is 0 Å². The molecular formula is C24H32N6O3. The van der Waals surface area contributed by atoms with Crippen molar-refractivity contribution in [1.82, 2.24) is 9.80 Å². The molecule has 176 valence electrons. The molecule has 0 amide bonds. The monoisotopic (exact) mass is 452 g/mol. The topological polar surface area (TPSA) is 122 Å². The largest absolute Gasteiger partial charge is 0.490 e. The van der Waals surface area contributed by atoms with E-state index in [1.54, 1.807) is 12.7 Å². The van der Waals surface area contributed by atoms with Crippen LogP contribution in [-0.4, -0.2) is 59.9 Å². The fourth-order valence-electron chi connectivity index (χ4n) is 4.35. The molecule has 4 rings (SSSR count). The fraction of sp³-hybridized carbons (Fsp3) is 0.417. The van der Waals surface area contributed by atoms with Crippen molar-refractivity contribution < 1.29 is 14.6 Å². The number of fused-ring (bicyclic) bond motifs is 1. The maximum Gasteiger partial charge on any atom is 0.147 e. The Bertz CT molecular complexity index is 957. The second-order valence-corrected chi connectivity index (χ2v) is 8.39. The quantitative estimate of drug-likeness (QED) is 0.242. The minimum absolute atomic E-state index is 0.121. The van der Waals surface area contributed by atoms with Crippen molar-refractivity contribution in [3.63, 3.8) is 0 Å². The first-order valence-electron chi connectivity index (χ1n) is 11.3. The number of aliphatic hydroxyl groups is 1. The number of nitrogens with zero attached hydrogens (tertiary/aromatic N) is 4. The average Bonchev–Trinajstić information content (AvgIpc) is 2.84. The van der Waals surface area contributed by atoms with Crippen molar-refractivity contribution in [3.05, 3.63) is 59.2 Å². The van der Waals surface area contributed by atoms with Gasteiger partial charge in [0.1, 0.15) is 36.4 Å². The highest BCUT2D eigenvalue weighted by molar-refractivity contribution is 5.56.